The van der Waals surface area contributed by atoms with E-state index in [4.69, 9.17) is 5.73 Å². The van der Waals surface area contributed by atoms with Gasteiger partial charge in [0, 0.05) is 19.0 Å². The summed E-state index contributed by atoms with van der Waals surface area (Å²) in [7, 11) is 0. The fourth-order valence-electron chi connectivity index (χ4n) is 2.46. The average molecular weight is 394 g/mol. The highest BCUT2D eigenvalue weighted by atomic mass is 19.4. The summed E-state index contributed by atoms with van der Waals surface area (Å²) in [6, 6.07) is 8.00. The topological polar surface area (TPSA) is 97.1 Å². The second kappa shape index (κ2) is 9.72. The first-order valence-corrected chi connectivity index (χ1v) is 8.73. The van der Waals surface area contributed by atoms with E-state index in [1.165, 1.54) is 0 Å². The maximum Gasteiger partial charge on any atom is 0.416 e. The molecule has 0 radical (unpaired) electrons. The number of aromatic nitrogens is 1. The summed E-state index contributed by atoms with van der Waals surface area (Å²) in [6.07, 6.45) is -0.604. The first-order valence-electron chi connectivity index (χ1n) is 8.73. The van der Waals surface area contributed by atoms with Crippen LogP contribution in [0.25, 0.3) is 0 Å². The number of benzene rings is 1. The molecule has 1 aromatic carbocycles. The molecule has 28 heavy (non-hydrogen) atoms. The zero-order valence-corrected chi connectivity index (χ0v) is 15.1. The Labute approximate surface area is 160 Å². The Morgan fingerprint density at radius 1 is 0.964 bits per heavy atom. The number of halogens is 3. The van der Waals surface area contributed by atoms with Gasteiger partial charge in [-0.05, 0) is 43.2 Å². The molecule has 150 valence electrons. The molecule has 0 spiro atoms. The summed E-state index contributed by atoms with van der Waals surface area (Å²) in [4.78, 5) is 27.7. The summed E-state index contributed by atoms with van der Waals surface area (Å²) < 4.78 is 37.8. The van der Waals surface area contributed by atoms with E-state index in [0.29, 0.717) is 31.5 Å². The zero-order valence-electron chi connectivity index (χ0n) is 15.1. The molecular weight excluding hydrogens is 373 g/mol. The molecule has 6 nitrogen and oxygen atoms in total. The minimum absolute atomic E-state index is 0.144. The number of nitrogens with zero attached hydrogens (tertiary/aromatic N) is 1. The molecule has 0 aliphatic rings. The summed E-state index contributed by atoms with van der Waals surface area (Å²) in [6.45, 7) is 0. The Kier molecular flexibility index (Phi) is 7.36. The summed E-state index contributed by atoms with van der Waals surface area (Å²) in [5, 5.41) is 5.17. The second-order valence-electron chi connectivity index (χ2n) is 6.17. The third kappa shape index (κ3) is 6.90. The summed E-state index contributed by atoms with van der Waals surface area (Å²) in [5.41, 5.74) is 4.71. The normalized spacial score (nSPS) is 11.1. The van der Waals surface area contributed by atoms with Gasteiger partial charge in [0.1, 0.15) is 5.82 Å². The Balaban J connectivity index is 1.67. The number of carbonyl (C=O) groups is 2. The highest BCUT2D eigenvalue weighted by Gasteiger charge is 2.30. The number of rotatable bonds is 8. The highest BCUT2D eigenvalue weighted by Crippen LogP contribution is 2.32. The molecule has 9 heteroatoms. The van der Waals surface area contributed by atoms with Crippen LogP contribution in [-0.2, 0) is 15.8 Å². The molecule has 0 aliphatic heterocycles. The lowest BCUT2D eigenvalue weighted by molar-refractivity contribution is -0.137. The second-order valence-corrected chi connectivity index (χ2v) is 6.17. The fourth-order valence-corrected chi connectivity index (χ4v) is 2.46. The molecule has 1 heterocycles. The molecule has 2 amide bonds. The van der Waals surface area contributed by atoms with Gasteiger partial charge in [0.05, 0.1) is 16.9 Å². The Bertz CT molecular complexity index is 811. The van der Waals surface area contributed by atoms with Crippen LogP contribution < -0.4 is 16.4 Å². The maximum atomic E-state index is 12.6. The molecule has 0 fully saturated rings. The molecule has 2 aromatic rings. The van der Waals surface area contributed by atoms with Gasteiger partial charge in [-0.1, -0.05) is 12.5 Å². The summed E-state index contributed by atoms with van der Waals surface area (Å²) in [5.74, 6) is -0.00826. The summed E-state index contributed by atoms with van der Waals surface area (Å²) >= 11 is 0. The molecular formula is C19H21F3N4O2. The van der Waals surface area contributed by atoms with E-state index in [0.717, 1.165) is 18.2 Å². The Morgan fingerprint density at radius 3 is 2.21 bits per heavy atom. The van der Waals surface area contributed by atoms with Crippen LogP contribution in [0.1, 0.15) is 37.7 Å². The third-order valence-electron chi connectivity index (χ3n) is 3.89. The maximum absolute atomic E-state index is 12.6. The molecule has 0 aliphatic carbocycles. The smallest absolute Gasteiger partial charge is 0.397 e. The van der Waals surface area contributed by atoms with Gasteiger partial charge in [0.15, 0.2) is 0 Å². The van der Waals surface area contributed by atoms with Crippen molar-refractivity contribution in [1.82, 2.24) is 4.98 Å². The number of pyridine rings is 1. The van der Waals surface area contributed by atoms with Crippen LogP contribution >= 0.6 is 0 Å². The number of nitrogen functional groups attached to an aromatic ring is 1. The molecule has 0 saturated heterocycles. The molecule has 0 atom stereocenters. The van der Waals surface area contributed by atoms with Crippen molar-refractivity contribution >= 4 is 29.0 Å². The SMILES string of the molecule is Nc1cc(C(F)(F)F)ccc1NC(=O)CCCCCC(=O)Nc1ccccn1. The van der Waals surface area contributed by atoms with Gasteiger partial charge in [-0.2, -0.15) is 13.2 Å². The van der Waals surface area contributed by atoms with Crippen LogP contribution in [0, 0.1) is 0 Å². The number of alkyl halides is 3. The minimum Gasteiger partial charge on any atom is -0.397 e. The van der Waals surface area contributed by atoms with E-state index in [-0.39, 0.29) is 29.6 Å². The average Bonchev–Trinajstić information content (AvgIpc) is 2.63. The van der Waals surface area contributed by atoms with Crippen molar-refractivity contribution < 1.29 is 22.8 Å². The van der Waals surface area contributed by atoms with Gasteiger partial charge in [-0.25, -0.2) is 4.98 Å². The van der Waals surface area contributed by atoms with Gasteiger partial charge in [-0.15, -0.1) is 0 Å². The van der Waals surface area contributed by atoms with Crippen molar-refractivity contribution in [2.45, 2.75) is 38.3 Å². The van der Waals surface area contributed by atoms with Crippen molar-refractivity contribution in [3.8, 4) is 0 Å². The van der Waals surface area contributed by atoms with Crippen molar-refractivity contribution in [3.63, 3.8) is 0 Å². The van der Waals surface area contributed by atoms with Crippen LogP contribution in [0.4, 0.5) is 30.4 Å². The number of carbonyl (C=O) groups excluding carboxylic acids is 2. The van der Waals surface area contributed by atoms with Gasteiger partial charge >= 0.3 is 6.18 Å². The van der Waals surface area contributed by atoms with Crippen LogP contribution in [0.2, 0.25) is 0 Å². The molecule has 0 saturated carbocycles. The number of hydrogen-bond donors (Lipinski definition) is 3. The largest absolute Gasteiger partial charge is 0.416 e. The van der Waals surface area contributed by atoms with E-state index >= 15 is 0 Å². The highest BCUT2D eigenvalue weighted by molar-refractivity contribution is 5.94. The number of anilines is 3. The Morgan fingerprint density at radius 2 is 1.64 bits per heavy atom. The van der Waals surface area contributed by atoms with E-state index < -0.39 is 11.7 Å². The van der Waals surface area contributed by atoms with Crippen molar-refractivity contribution in [1.29, 1.82) is 0 Å². The number of amides is 2. The first-order chi connectivity index (χ1) is 13.3. The van der Waals surface area contributed by atoms with E-state index in [2.05, 4.69) is 15.6 Å². The number of unbranched alkanes of at least 4 members (excludes halogenated alkanes) is 2. The minimum atomic E-state index is -4.49. The number of nitrogens with one attached hydrogen (secondary N) is 2. The van der Waals surface area contributed by atoms with Gasteiger partial charge in [0.2, 0.25) is 11.8 Å². The standard InChI is InChI=1S/C19H21F3N4O2/c20-19(21,22)13-9-10-15(14(23)12-13)25-17(27)7-2-1-3-8-18(28)26-16-6-4-5-11-24-16/h4-6,9-12H,1-3,7-8,23H2,(H,25,27)(H,24,26,28). The first kappa shape index (κ1) is 21.2. The molecule has 0 unspecified atom stereocenters. The van der Waals surface area contributed by atoms with Crippen LogP contribution in [0.3, 0.4) is 0 Å². The molecule has 1 aromatic heterocycles. The third-order valence-corrected chi connectivity index (χ3v) is 3.89. The molecule has 0 bridgehead atoms. The van der Waals surface area contributed by atoms with Crippen molar-refractivity contribution in [3.05, 3.63) is 48.2 Å². The lowest BCUT2D eigenvalue weighted by Crippen LogP contribution is -2.14. The lowest BCUT2D eigenvalue weighted by atomic mass is 10.1. The lowest BCUT2D eigenvalue weighted by Gasteiger charge is -2.12. The van der Waals surface area contributed by atoms with Crippen LogP contribution in [-0.4, -0.2) is 16.8 Å². The van der Waals surface area contributed by atoms with Crippen LogP contribution in [0.15, 0.2) is 42.6 Å². The monoisotopic (exact) mass is 394 g/mol. The quantitative estimate of drug-likeness (QED) is 0.461. The molecule has 4 N–H and O–H groups in total. The van der Waals surface area contributed by atoms with E-state index in [9.17, 15) is 22.8 Å². The predicted octanol–water partition coefficient (Wildman–Crippen LogP) is 4.21. The fraction of sp³-hybridized carbons (Fsp3) is 0.316. The van der Waals surface area contributed by atoms with Gasteiger partial charge < -0.3 is 16.4 Å². The Hall–Kier alpha value is -3.10. The van der Waals surface area contributed by atoms with E-state index in [1.54, 1.807) is 24.4 Å². The van der Waals surface area contributed by atoms with Crippen LogP contribution in [0.5, 0.6) is 0 Å². The van der Waals surface area contributed by atoms with Crippen molar-refractivity contribution in [2.75, 3.05) is 16.4 Å². The molecule has 2 rings (SSSR count). The predicted molar refractivity (Wildman–Crippen MR) is 100 cm³/mol. The van der Waals surface area contributed by atoms with Gasteiger partial charge in [0.25, 0.3) is 0 Å². The van der Waals surface area contributed by atoms with E-state index in [1.807, 2.05) is 0 Å². The number of nitrogens with two attached hydrogens (primary N) is 1. The zero-order chi connectivity index (χ0) is 20.6. The number of hydrogen-bond acceptors (Lipinski definition) is 4. The van der Waals surface area contributed by atoms with Crippen molar-refractivity contribution in [2.24, 2.45) is 0 Å². The van der Waals surface area contributed by atoms with Gasteiger partial charge in [-0.3, -0.25) is 9.59 Å².